The highest BCUT2D eigenvalue weighted by Crippen LogP contribution is 2.35. The second kappa shape index (κ2) is 12.3. The molecule has 0 aliphatic carbocycles. The molecule has 0 saturated heterocycles. The Morgan fingerprint density at radius 1 is 1.13 bits per heavy atom. The van der Waals surface area contributed by atoms with Gasteiger partial charge in [0.15, 0.2) is 0 Å². The van der Waals surface area contributed by atoms with Gasteiger partial charge >= 0.3 is 6.09 Å². The normalized spacial score (nSPS) is 12.8. The molecule has 13 heteroatoms. The van der Waals surface area contributed by atoms with E-state index in [1.165, 1.54) is 13.2 Å². The number of carbonyl (C=O) groups is 1. The zero-order chi connectivity index (χ0) is 29.0. The highest BCUT2D eigenvalue weighted by atomic mass is 35.5. The van der Waals surface area contributed by atoms with Crippen LogP contribution in [0.2, 0.25) is 5.02 Å². The first-order valence-electron chi connectivity index (χ1n) is 12.5. The van der Waals surface area contributed by atoms with E-state index in [1.807, 2.05) is 41.5 Å². The minimum atomic E-state index is -3.79. The fourth-order valence-electron chi connectivity index (χ4n) is 3.48. The Kier molecular flexibility index (Phi) is 9.57. The van der Waals surface area contributed by atoms with E-state index in [-0.39, 0.29) is 27.3 Å². The van der Waals surface area contributed by atoms with Gasteiger partial charge in [-0.05, 0) is 37.1 Å². The number of benzene rings is 1. The van der Waals surface area contributed by atoms with Crippen LogP contribution >= 0.6 is 11.6 Å². The topological polar surface area (TPSA) is 151 Å². The summed E-state index contributed by atoms with van der Waals surface area (Å²) in [5.74, 6) is 1.18. The molecule has 2 heterocycles. The van der Waals surface area contributed by atoms with Gasteiger partial charge in [-0.3, -0.25) is 0 Å². The summed E-state index contributed by atoms with van der Waals surface area (Å²) in [5.41, 5.74) is 1.84. The number of rotatable bonds is 10. The molecule has 0 saturated carbocycles. The van der Waals surface area contributed by atoms with E-state index in [2.05, 4.69) is 35.0 Å². The second-order valence-corrected chi connectivity index (χ2v) is 12.9. The molecule has 212 valence electrons. The Hall–Kier alpha value is -3.22. The summed E-state index contributed by atoms with van der Waals surface area (Å²) in [6.07, 6.45) is 1.08. The van der Waals surface area contributed by atoms with Crippen LogP contribution in [0, 0.1) is 5.92 Å². The van der Waals surface area contributed by atoms with Gasteiger partial charge in [0.05, 0.1) is 29.1 Å². The Morgan fingerprint density at radius 3 is 2.49 bits per heavy atom. The summed E-state index contributed by atoms with van der Waals surface area (Å²) in [7, 11) is -2.49. The number of amides is 1. The van der Waals surface area contributed by atoms with Crippen LogP contribution in [0.25, 0.3) is 22.6 Å². The molecule has 0 bridgehead atoms. The third kappa shape index (κ3) is 8.13. The number of alkyl carbamates (subject to hydrolysis) is 1. The van der Waals surface area contributed by atoms with Crippen molar-refractivity contribution in [3.05, 3.63) is 41.3 Å². The Balaban J connectivity index is 2.03. The minimum absolute atomic E-state index is 0.0500. The number of H-pyrrole nitrogens is 1. The van der Waals surface area contributed by atoms with Crippen molar-refractivity contribution in [2.45, 2.75) is 57.9 Å². The van der Waals surface area contributed by atoms with Gasteiger partial charge in [0.2, 0.25) is 16.0 Å². The van der Waals surface area contributed by atoms with Crippen molar-refractivity contribution in [1.82, 2.24) is 30.0 Å². The summed E-state index contributed by atoms with van der Waals surface area (Å²) >= 11 is 6.40. The van der Waals surface area contributed by atoms with Crippen LogP contribution in [0.1, 0.15) is 47.4 Å². The van der Waals surface area contributed by atoms with E-state index in [0.29, 0.717) is 47.5 Å². The molecule has 0 spiro atoms. The van der Waals surface area contributed by atoms with Crippen molar-refractivity contribution in [3.63, 3.8) is 0 Å². The number of nitrogens with one attached hydrogen (secondary N) is 4. The van der Waals surface area contributed by atoms with Gasteiger partial charge in [-0.1, -0.05) is 46.2 Å². The molecule has 11 nitrogen and oxygen atoms in total. The van der Waals surface area contributed by atoms with Crippen LogP contribution in [0.3, 0.4) is 0 Å². The van der Waals surface area contributed by atoms with Gasteiger partial charge in [-0.15, -0.1) is 0 Å². The minimum Gasteiger partial charge on any atom is -0.453 e. The van der Waals surface area contributed by atoms with Crippen LogP contribution in [0.15, 0.2) is 35.4 Å². The van der Waals surface area contributed by atoms with Crippen molar-refractivity contribution in [1.29, 1.82) is 0 Å². The lowest BCUT2D eigenvalue weighted by Gasteiger charge is -2.14. The van der Waals surface area contributed by atoms with E-state index >= 15 is 0 Å². The number of methoxy groups -OCH3 is 1. The summed E-state index contributed by atoms with van der Waals surface area (Å²) in [6.45, 7) is 12.4. The lowest BCUT2D eigenvalue weighted by Crippen LogP contribution is -2.37. The second-order valence-electron chi connectivity index (χ2n) is 10.7. The molecule has 1 amide bonds. The van der Waals surface area contributed by atoms with Crippen LogP contribution in [-0.4, -0.2) is 60.7 Å². The zero-order valence-corrected chi connectivity index (χ0v) is 24.8. The predicted molar refractivity (Wildman–Crippen MR) is 152 cm³/mol. The van der Waals surface area contributed by atoms with Gasteiger partial charge in [0.25, 0.3) is 0 Å². The zero-order valence-electron chi connectivity index (χ0n) is 23.2. The molecule has 39 heavy (non-hydrogen) atoms. The van der Waals surface area contributed by atoms with Gasteiger partial charge in [-0.25, -0.2) is 32.9 Å². The summed E-state index contributed by atoms with van der Waals surface area (Å²) in [6, 6.07) is 6.14. The van der Waals surface area contributed by atoms with Crippen molar-refractivity contribution in [2.24, 2.45) is 5.92 Å². The number of imidazole rings is 1. The smallest absolute Gasteiger partial charge is 0.407 e. The third-order valence-electron chi connectivity index (χ3n) is 5.58. The maximum atomic E-state index is 13.0. The van der Waals surface area contributed by atoms with Crippen molar-refractivity contribution < 1.29 is 17.9 Å². The monoisotopic (exact) mass is 577 g/mol. The number of carbonyl (C=O) groups excluding carboxylic acids is 1. The lowest BCUT2D eigenvalue weighted by atomic mass is 9.96. The van der Waals surface area contributed by atoms with Crippen LogP contribution in [0.5, 0.6) is 0 Å². The Bertz CT molecular complexity index is 1420. The molecule has 2 aromatic heterocycles. The molecule has 1 atom stereocenters. The van der Waals surface area contributed by atoms with Gasteiger partial charge < -0.3 is 20.4 Å². The number of hydrogen-bond acceptors (Lipinski definition) is 8. The maximum Gasteiger partial charge on any atom is 0.407 e. The summed E-state index contributed by atoms with van der Waals surface area (Å²) in [4.78, 5) is 28.6. The quantitative estimate of drug-likeness (QED) is 0.273. The highest BCUT2D eigenvalue weighted by Gasteiger charge is 2.25. The summed E-state index contributed by atoms with van der Waals surface area (Å²) < 4.78 is 33.2. The van der Waals surface area contributed by atoms with E-state index in [9.17, 15) is 13.2 Å². The molecular weight excluding hydrogens is 542 g/mol. The maximum absolute atomic E-state index is 13.0. The van der Waals surface area contributed by atoms with E-state index in [1.54, 1.807) is 24.4 Å². The standard InChI is InChI=1S/C26H36ClN7O4S/c1-15(2)13-30-39(36,37)19-11-17(10-18(27)12-19)21-22(34-23(33-21)26(4,5)6)20-8-9-28-24(32-20)29-14-16(3)31-25(35)38-7/h8-12,15-16,30H,13-14H2,1-7H3,(H,31,35)(H,33,34)(H,28,29,32)/t16-/m0/s1. The molecule has 3 aromatic rings. The molecule has 0 fully saturated rings. The van der Waals surface area contributed by atoms with Crippen LogP contribution in [0.4, 0.5) is 10.7 Å². The number of ether oxygens (including phenoxy) is 1. The number of halogens is 1. The Labute approximate surface area is 234 Å². The van der Waals surface area contributed by atoms with E-state index < -0.39 is 16.1 Å². The number of hydrogen-bond donors (Lipinski definition) is 4. The van der Waals surface area contributed by atoms with E-state index in [4.69, 9.17) is 16.6 Å². The van der Waals surface area contributed by atoms with Gasteiger partial charge in [0, 0.05) is 41.3 Å². The lowest BCUT2D eigenvalue weighted by molar-refractivity contribution is 0.168. The largest absolute Gasteiger partial charge is 0.453 e. The highest BCUT2D eigenvalue weighted by molar-refractivity contribution is 7.89. The molecule has 0 aliphatic rings. The first kappa shape index (κ1) is 30.3. The number of aromatic nitrogens is 4. The number of aromatic amines is 1. The molecule has 0 radical (unpaired) electrons. The predicted octanol–water partition coefficient (Wildman–Crippen LogP) is 4.58. The average molecular weight is 578 g/mol. The number of sulfonamides is 1. The van der Waals surface area contributed by atoms with Crippen LogP contribution in [-0.2, 0) is 20.2 Å². The number of anilines is 1. The fourth-order valence-corrected chi connectivity index (χ4v) is 5.06. The number of nitrogens with zero attached hydrogens (tertiary/aromatic N) is 3. The SMILES string of the molecule is COC(=O)N[C@@H](C)CNc1nccc(-c2[nH]c(C(C)(C)C)nc2-c2cc(Cl)cc(S(=O)(=O)NCC(C)C)c2)n1. The molecule has 1 aromatic carbocycles. The molecule has 0 unspecified atom stereocenters. The first-order chi connectivity index (χ1) is 18.2. The molecular formula is C26H36ClN7O4S. The average Bonchev–Trinajstić information content (AvgIpc) is 3.32. The van der Waals surface area contributed by atoms with Crippen molar-refractivity contribution in [2.75, 3.05) is 25.5 Å². The molecule has 0 aliphatic heterocycles. The van der Waals surface area contributed by atoms with Crippen molar-refractivity contribution >= 4 is 33.7 Å². The molecule has 3 rings (SSSR count). The van der Waals surface area contributed by atoms with Gasteiger partial charge in [0.1, 0.15) is 5.82 Å². The van der Waals surface area contributed by atoms with Crippen molar-refractivity contribution in [3.8, 4) is 22.6 Å². The third-order valence-corrected chi connectivity index (χ3v) is 7.20. The summed E-state index contributed by atoms with van der Waals surface area (Å²) in [5, 5.41) is 6.04. The fraction of sp³-hybridized carbons (Fsp3) is 0.462. The Morgan fingerprint density at radius 2 is 1.85 bits per heavy atom. The first-order valence-corrected chi connectivity index (χ1v) is 14.4. The molecule has 4 N–H and O–H groups in total. The van der Waals surface area contributed by atoms with Gasteiger partial charge in [-0.2, -0.15) is 0 Å². The van der Waals surface area contributed by atoms with E-state index in [0.717, 1.165) is 0 Å². The van der Waals surface area contributed by atoms with Crippen LogP contribution < -0.4 is 15.4 Å².